The van der Waals surface area contributed by atoms with Crippen molar-refractivity contribution in [3.05, 3.63) is 46.7 Å². The highest BCUT2D eigenvalue weighted by Gasteiger charge is 2.26. The van der Waals surface area contributed by atoms with E-state index in [2.05, 4.69) is 26.6 Å². The lowest BCUT2D eigenvalue weighted by Crippen LogP contribution is -2.54. The van der Waals surface area contributed by atoms with Crippen molar-refractivity contribution in [2.24, 2.45) is 0 Å². The summed E-state index contributed by atoms with van der Waals surface area (Å²) in [6.07, 6.45) is 0.886. The molecule has 1 amide bonds. The van der Waals surface area contributed by atoms with Gasteiger partial charge in [-0.2, -0.15) is 0 Å². The summed E-state index contributed by atoms with van der Waals surface area (Å²) in [5, 5.41) is 15.1. The Kier molecular flexibility index (Phi) is 5.94. The van der Waals surface area contributed by atoms with Gasteiger partial charge in [-0.1, -0.05) is 18.2 Å². The third-order valence-electron chi connectivity index (χ3n) is 4.71. The molecule has 134 valence electrons. The molecule has 25 heavy (non-hydrogen) atoms. The number of anilines is 1. The first-order valence-corrected chi connectivity index (χ1v) is 9.60. The molecule has 1 aliphatic heterocycles. The lowest BCUT2D eigenvalue weighted by atomic mass is 10.2. The molecule has 2 aromatic rings. The molecule has 5 nitrogen and oxygen atoms in total. The topological polar surface area (TPSA) is 55.8 Å². The molecule has 1 aromatic carbocycles. The smallest absolute Gasteiger partial charge is 0.237 e. The summed E-state index contributed by atoms with van der Waals surface area (Å²) in [6, 6.07) is 11.4. The summed E-state index contributed by atoms with van der Waals surface area (Å²) in [7, 11) is 0. The Labute approximate surface area is 152 Å². The Bertz CT molecular complexity index is 682. The number of phenolic OH excluding ortho intramolecular Hbond substituents is 1. The van der Waals surface area contributed by atoms with Gasteiger partial charge < -0.3 is 15.3 Å². The number of phenols is 1. The van der Waals surface area contributed by atoms with Gasteiger partial charge in [0, 0.05) is 37.6 Å². The molecule has 1 fully saturated rings. The first-order chi connectivity index (χ1) is 12.1. The van der Waals surface area contributed by atoms with Gasteiger partial charge in [-0.3, -0.25) is 9.69 Å². The van der Waals surface area contributed by atoms with E-state index in [0.717, 1.165) is 38.3 Å². The molecule has 0 unspecified atom stereocenters. The van der Waals surface area contributed by atoms with Crippen LogP contribution in [0.3, 0.4) is 0 Å². The first-order valence-electron chi connectivity index (χ1n) is 8.72. The lowest BCUT2D eigenvalue weighted by molar-refractivity contribution is -0.125. The van der Waals surface area contributed by atoms with Crippen molar-refractivity contribution in [2.45, 2.75) is 19.4 Å². The molecule has 3 rings (SSSR count). The Morgan fingerprint density at radius 2 is 1.96 bits per heavy atom. The van der Waals surface area contributed by atoms with E-state index in [0.29, 0.717) is 12.3 Å². The SMILES string of the molecule is C[C@@H](C(=O)NCCc1cccs1)N1CCN(c2ccccc2O)CC1. The van der Waals surface area contributed by atoms with Crippen molar-refractivity contribution < 1.29 is 9.90 Å². The fourth-order valence-electron chi connectivity index (χ4n) is 3.16. The van der Waals surface area contributed by atoms with E-state index in [4.69, 9.17) is 0 Å². The second kappa shape index (κ2) is 8.36. The van der Waals surface area contributed by atoms with Gasteiger partial charge >= 0.3 is 0 Å². The fourth-order valence-corrected chi connectivity index (χ4v) is 3.87. The van der Waals surface area contributed by atoms with E-state index in [-0.39, 0.29) is 11.9 Å². The minimum Gasteiger partial charge on any atom is -0.506 e. The summed E-state index contributed by atoms with van der Waals surface area (Å²) in [5.74, 6) is 0.405. The van der Waals surface area contributed by atoms with Crippen LogP contribution in [0.4, 0.5) is 5.69 Å². The molecular formula is C19H25N3O2S. The van der Waals surface area contributed by atoms with Crippen molar-refractivity contribution in [3.8, 4) is 5.75 Å². The maximum Gasteiger partial charge on any atom is 0.237 e. The van der Waals surface area contributed by atoms with Crippen molar-refractivity contribution >= 4 is 22.9 Å². The summed E-state index contributed by atoms with van der Waals surface area (Å²) in [6.45, 7) is 5.90. The number of rotatable bonds is 6. The van der Waals surface area contributed by atoms with E-state index in [1.165, 1.54) is 4.88 Å². The van der Waals surface area contributed by atoms with Gasteiger partial charge in [-0.25, -0.2) is 0 Å². The quantitative estimate of drug-likeness (QED) is 0.831. The standard InChI is InChI=1S/C19H25N3O2S/c1-15(19(24)20-9-8-16-5-4-14-25-16)21-10-12-22(13-11-21)17-6-2-3-7-18(17)23/h2-7,14-15,23H,8-13H2,1H3,(H,20,24)/t15-/m0/s1. The average molecular weight is 359 g/mol. The highest BCUT2D eigenvalue weighted by atomic mass is 32.1. The van der Waals surface area contributed by atoms with Crippen LogP contribution in [-0.2, 0) is 11.2 Å². The Morgan fingerprint density at radius 1 is 1.20 bits per heavy atom. The van der Waals surface area contributed by atoms with Crippen LogP contribution >= 0.6 is 11.3 Å². The van der Waals surface area contributed by atoms with Gasteiger partial charge in [0.2, 0.25) is 5.91 Å². The largest absolute Gasteiger partial charge is 0.506 e. The number of para-hydroxylation sites is 2. The Hall–Kier alpha value is -2.05. The number of aromatic hydroxyl groups is 1. The number of hydrogen-bond acceptors (Lipinski definition) is 5. The number of carbonyl (C=O) groups is 1. The summed E-state index contributed by atoms with van der Waals surface area (Å²) in [4.78, 5) is 18.0. The number of nitrogens with one attached hydrogen (secondary N) is 1. The van der Waals surface area contributed by atoms with E-state index in [1.54, 1.807) is 17.4 Å². The zero-order valence-electron chi connectivity index (χ0n) is 14.5. The number of nitrogens with zero attached hydrogens (tertiary/aromatic N) is 2. The van der Waals surface area contributed by atoms with Crippen molar-refractivity contribution in [1.29, 1.82) is 0 Å². The van der Waals surface area contributed by atoms with Gasteiger partial charge in [-0.15, -0.1) is 11.3 Å². The number of benzene rings is 1. The molecule has 0 saturated carbocycles. The van der Waals surface area contributed by atoms with Crippen LogP contribution in [0.15, 0.2) is 41.8 Å². The second-order valence-electron chi connectivity index (χ2n) is 6.31. The van der Waals surface area contributed by atoms with Crippen molar-refractivity contribution in [3.63, 3.8) is 0 Å². The average Bonchev–Trinajstić information content (AvgIpc) is 3.15. The number of amides is 1. The minimum atomic E-state index is -0.130. The van der Waals surface area contributed by atoms with Crippen LogP contribution in [-0.4, -0.2) is 54.7 Å². The van der Waals surface area contributed by atoms with E-state index in [9.17, 15) is 9.90 Å². The van der Waals surface area contributed by atoms with Crippen LogP contribution < -0.4 is 10.2 Å². The number of hydrogen-bond donors (Lipinski definition) is 2. The monoisotopic (exact) mass is 359 g/mol. The lowest BCUT2D eigenvalue weighted by Gasteiger charge is -2.38. The molecule has 1 aliphatic rings. The number of piperazine rings is 1. The highest BCUT2D eigenvalue weighted by Crippen LogP contribution is 2.27. The first kappa shape index (κ1) is 17.8. The maximum absolute atomic E-state index is 12.4. The number of thiophene rings is 1. The van der Waals surface area contributed by atoms with Crippen LogP contribution in [0.1, 0.15) is 11.8 Å². The van der Waals surface area contributed by atoms with Gasteiger partial charge in [0.15, 0.2) is 0 Å². The molecule has 6 heteroatoms. The molecule has 0 bridgehead atoms. The summed E-state index contributed by atoms with van der Waals surface area (Å²) < 4.78 is 0. The van der Waals surface area contributed by atoms with Gasteiger partial charge in [0.05, 0.1) is 11.7 Å². The molecule has 2 N–H and O–H groups in total. The third-order valence-corrected chi connectivity index (χ3v) is 5.65. The van der Waals surface area contributed by atoms with Crippen LogP contribution in [0.2, 0.25) is 0 Å². The normalized spacial score (nSPS) is 16.6. The fraction of sp³-hybridized carbons (Fsp3) is 0.421. The molecule has 0 radical (unpaired) electrons. The van der Waals surface area contributed by atoms with Crippen LogP contribution in [0, 0.1) is 0 Å². The van der Waals surface area contributed by atoms with E-state index in [1.807, 2.05) is 31.2 Å². The second-order valence-corrected chi connectivity index (χ2v) is 7.34. The molecule has 0 aliphatic carbocycles. The van der Waals surface area contributed by atoms with Gasteiger partial charge in [0.1, 0.15) is 5.75 Å². The molecule has 2 heterocycles. The zero-order valence-corrected chi connectivity index (χ0v) is 15.3. The highest BCUT2D eigenvalue weighted by molar-refractivity contribution is 7.09. The molecule has 1 atom stereocenters. The zero-order chi connectivity index (χ0) is 17.6. The number of carbonyl (C=O) groups excluding carboxylic acids is 1. The Balaban J connectivity index is 1.45. The van der Waals surface area contributed by atoms with E-state index < -0.39 is 0 Å². The predicted molar refractivity (Wildman–Crippen MR) is 102 cm³/mol. The van der Waals surface area contributed by atoms with Gasteiger partial charge in [-0.05, 0) is 36.9 Å². The maximum atomic E-state index is 12.4. The molecular weight excluding hydrogens is 334 g/mol. The Morgan fingerprint density at radius 3 is 2.64 bits per heavy atom. The summed E-state index contributed by atoms with van der Waals surface area (Å²) in [5.41, 5.74) is 0.871. The van der Waals surface area contributed by atoms with Crippen molar-refractivity contribution in [2.75, 3.05) is 37.6 Å². The predicted octanol–water partition coefficient (Wildman–Crippen LogP) is 2.32. The molecule has 1 aromatic heterocycles. The van der Waals surface area contributed by atoms with Crippen LogP contribution in [0.5, 0.6) is 5.75 Å². The molecule has 0 spiro atoms. The third kappa shape index (κ3) is 4.52. The van der Waals surface area contributed by atoms with Crippen LogP contribution in [0.25, 0.3) is 0 Å². The van der Waals surface area contributed by atoms with Crippen molar-refractivity contribution in [1.82, 2.24) is 10.2 Å². The summed E-state index contributed by atoms with van der Waals surface area (Å²) >= 11 is 1.72. The molecule has 1 saturated heterocycles. The van der Waals surface area contributed by atoms with E-state index >= 15 is 0 Å². The minimum absolute atomic E-state index is 0.0903. The van der Waals surface area contributed by atoms with Gasteiger partial charge in [0.25, 0.3) is 0 Å².